The summed E-state index contributed by atoms with van der Waals surface area (Å²) in [7, 11) is 0. The Hall–Kier alpha value is -1.12. The molecule has 0 spiro atoms. The fourth-order valence-corrected chi connectivity index (χ4v) is 0.697. The predicted molar refractivity (Wildman–Crippen MR) is 35.9 cm³/mol. The van der Waals surface area contributed by atoms with Crippen LogP contribution < -0.4 is 5.54 Å². The van der Waals surface area contributed by atoms with E-state index in [0.29, 0.717) is 0 Å². The zero-order valence-electron chi connectivity index (χ0n) is 5.49. The van der Waals surface area contributed by atoms with E-state index < -0.39 is 5.82 Å². The summed E-state index contributed by atoms with van der Waals surface area (Å²) in [6, 6.07) is 4.25. The Balaban J connectivity index is 3.07. The summed E-state index contributed by atoms with van der Waals surface area (Å²) < 4.78 is 24.2. The van der Waals surface area contributed by atoms with Gasteiger partial charge in [0.25, 0.3) is 0 Å². The summed E-state index contributed by atoms with van der Waals surface area (Å²) in [6.45, 7) is 1.74. The van der Waals surface area contributed by atoms with Gasteiger partial charge in [0.15, 0.2) is 0 Å². The molecule has 1 N–H and O–H groups in total. The Morgan fingerprint density at radius 2 is 2.10 bits per heavy atom. The van der Waals surface area contributed by atoms with Crippen molar-refractivity contribution in [1.29, 1.82) is 0 Å². The van der Waals surface area contributed by atoms with Gasteiger partial charge in [-0.15, -0.1) is 4.48 Å². The molecular formula is C7H7F2N. The summed E-state index contributed by atoms with van der Waals surface area (Å²) in [5.74, 6) is -0.567. The molecule has 1 aromatic rings. The van der Waals surface area contributed by atoms with E-state index in [1.807, 2.05) is 0 Å². The van der Waals surface area contributed by atoms with Gasteiger partial charge in [0.05, 0.1) is 0 Å². The fourth-order valence-electron chi connectivity index (χ4n) is 0.697. The Morgan fingerprint density at radius 3 is 2.60 bits per heavy atom. The van der Waals surface area contributed by atoms with Crippen LogP contribution in [-0.4, -0.2) is 0 Å². The van der Waals surface area contributed by atoms with Crippen molar-refractivity contribution < 1.29 is 8.87 Å². The maximum Gasteiger partial charge on any atom is 0.149 e. The third kappa shape index (κ3) is 1.23. The van der Waals surface area contributed by atoms with Crippen LogP contribution in [0.1, 0.15) is 5.56 Å². The molecule has 0 unspecified atom stereocenters. The van der Waals surface area contributed by atoms with Gasteiger partial charge < -0.3 is 0 Å². The molecule has 0 aromatic heterocycles. The highest BCUT2D eigenvalue weighted by Gasteiger charge is 1.98. The lowest BCUT2D eigenvalue weighted by Gasteiger charge is -1.98. The summed E-state index contributed by atoms with van der Waals surface area (Å²) in [5, 5.41) is 0. The normalized spacial score (nSPS) is 9.50. The maximum absolute atomic E-state index is 12.5. The third-order valence-corrected chi connectivity index (χ3v) is 1.23. The van der Waals surface area contributed by atoms with Crippen molar-refractivity contribution in [2.45, 2.75) is 6.92 Å². The molecule has 0 bridgehead atoms. The topological polar surface area (TPSA) is 12.0 Å². The number of nitrogens with one attached hydrogen (secondary N) is 1. The van der Waals surface area contributed by atoms with Crippen LogP contribution in [-0.2, 0) is 0 Å². The quantitative estimate of drug-likeness (QED) is 0.595. The molecule has 0 aliphatic carbocycles. The lowest BCUT2D eigenvalue weighted by molar-refractivity contribution is 0.580. The van der Waals surface area contributed by atoms with Crippen molar-refractivity contribution in [3.63, 3.8) is 0 Å². The molecule has 54 valence electrons. The molecule has 0 saturated heterocycles. The standard InChI is InChI=1S/C7H7F2N/c1-5-2-3-7(10-9)6(8)4-5/h2-4,10H,1H3. The van der Waals surface area contributed by atoms with Crippen LogP contribution in [0, 0.1) is 12.7 Å². The predicted octanol–water partition coefficient (Wildman–Crippen LogP) is 2.43. The summed E-state index contributed by atoms with van der Waals surface area (Å²) >= 11 is 0. The number of halogens is 2. The van der Waals surface area contributed by atoms with Crippen LogP contribution >= 0.6 is 0 Å². The van der Waals surface area contributed by atoms with Crippen molar-refractivity contribution in [3.05, 3.63) is 29.6 Å². The fraction of sp³-hybridized carbons (Fsp3) is 0.143. The lowest BCUT2D eigenvalue weighted by Crippen LogP contribution is -1.87. The van der Waals surface area contributed by atoms with Gasteiger partial charge in [-0.25, -0.2) is 9.93 Å². The second-order valence-corrected chi connectivity index (χ2v) is 2.08. The molecule has 0 heterocycles. The van der Waals surface area contributed by atoms with Crippen LogP contribution in [0.3, 0.4) is 0 Å². The first-order chi connectivity index (χ1) is 4.74. The van der Waals surface area contributed by atoms with E-state index in [0.717, 1.165) is 5.56 Å². The molecule has 10 heavy (non-hydrogen) atoms. The number of benzene rings is 1. The zero-order valence-corrected chi connectivity index (χ0v) is 5.49. The van der Waals surface area contributed by atoms with Gasteiger partial charge in [-0.05, 0) is 24.6 Å². The van der Waals surface area contributed by atoms with Gasteiger partial charge >= 0.3 is 0 Å². The van der Waals surface area contributed by atoms with Gasteiger partial charge in [-0.3, -0.25) is 0 Å². The Bertz CT molecular complexity index is 235. The maximum atomic E-state index is 12.5. The first-order valence-electron chi connectivity index (χ1n) is 2.87. The number of aryl methyl sites for hydroxylation is 1. The molecule has 0 saturated carbocycles. The molecule has 1 aromatic carbocycles. The molecule has 0 atom stereocenters. The third-order valence-electron chi connectivity index (χ3n) is 1.23. The van der Waals surface area contributed by atoms with Crippen molar-refractivity contribution >= 4 is 5.69 Å². The van der Waals surface area contributed by atoms with Crippen LogP contribution in [0.15, 0.2) is 18.2 Å². The van der Waals surface area contributed by atoms with E-state index in [4.69, 9.17) is 0 Å². The SMILES string of the molecule is Cc1ccc(NF)c(F)c1. The van der Waals surface area contributed by atoms with Crippen molar-refractivity contribution in [2.75, 3.05) is 5.54 Å². The zero-order chi connectivity index (χ0) is 7.56. The molecule has 0 aliphatic rings. The van der Waals surface area contributed by atoms with Gasteiger partial charge in [-0.2, -0.15) is 0 Å². The monoisotopic (exact) mass is 143 g/mol. The van der Waals surface area contributed by atoms with Crippen molar-refractivity contribution in [2.24, 2.45) is 0 Å². The molecule has 0 aliphatic heterocycles. The molecular weight excluding hydrogens is 136 g/mol. The summed E-state index contributed by atoms with van der Waals surface area (Å²) in [5.41, 5.74) is 1.90. The van der Waals surface area contributed by atoms with E-state index >= 15 is 0 Å². The van der Waals surface area contributed by atoms with Gasteiger partial charge in [0.2, 0.25) is 0 Å². The van der Waals surface area contributed by atoms with E-state index in [-0.39, 0.29) is 5.69 Å². The average Bonchev–Trinajstić information content (AvgIpc) is 1.88. The van der Waals surface area contributed by atoms with Crippen molar-refractivity contribution in [1.82, 2.24) is 0 Å². The minimum Gasteiger partial charge on any atom is -0.222 e. The molecule has 0 amide bonds. The smallest absolute Gasteiger partial charge is 0.149 e. The second-order valence-electron chi connectivity index (χ2n) is 2.08. The number of anilines is 1. The van der Waals surface area contributed by atoms with Crippen LogP contribution in [0.25, 0.3) is 0 Å². The molecule has 1 nitrogen and oxygen atoms in total. The number of rotatable bonds is 1. The van der Waals surface area contributed by atoms with Crippen LogP contribution in [0.4, 0.5) is 14.6 Å². The van der Waals surface area contributed by atoms with E-state index in [9.17, 15) is 8.87 Å². The first-order valence-corrected chi connectivity index (χ1v) is 2.87. The lowest BCUT2D eigenvalue weighted by atomic mass is 10.2. The van der Waals surface area contributed by atoms with Crippen LogP contribution in [0.2, 0.25) is 0 Å². The Morgan fingerprint density at radius 1 is 1.40 bits per heavy atom. The molecule has 0 radical (unpaired) electrons. The van der Waals surface area contributed by atoms with Crippen LogP contribution in [0.5, 0.6) is 0 Å². The minimum atomic E-state index is -0.567. The largest absolute Gasteiger partial charge is 0.222 e. The average molecular weight is 143 g/mol. The second kappa shape index (κ2) is 2.64. The highest BCUT2D eigenvalue weighted by atomic mass is 19.2. The van der Waals surface area contributed by atoms with Crippen molar-refractivity contribution in [3.8, 4) is 0 Å². The Kier molecular flexibility index (Phi) is 1.85. The highest BCUT2D eigenvalue weighted by molar-refractivity contribution is 5.43. The number of hydrogen-bond donors (Lipinski definition) is 1. The molecule has 3 heteroatoms. The number of hydrogen-bond acceptors (Lipinski definition) is 1. The molecule has 1 rings (SSSR count). The first kappa shape index (κ1) is 6.99. The van der Waals surface area contributed by atoms with Gasteiger partial charge in [-0.1, -0.05) is 6.07 Å². The molecule has 0 fully saturated rings. The van der Waals surface area contributed by atoms with E-state index in [1.165, 1.54) is 17.7 Å². The van der Waals surface area contributed by atoms with E-state index in [2.05, 4.69) is 0 Å². The van der Waals surface area contributed by atoms with Gasteiger partial charge in [0.1, 0.15) is 11.5 Å². The summed E-state index contributed by atoms with van der Waals surface area (Å²) in [4.78, 5) is 0. The highest BCUT2D eigenvalue weighted by Crippen LogP contribution is 2.14. The summed E-state index contributed by atoms with van der Waals surface area (Å²) in [6.07, 6.45) is 0. The van der Waals surface area contributed by atoms with Gasteiger partial charge in [0, 0.05) is 0 Å². The Labute approximate surface area is 57.6 Å². The van der Waals surface area contributed by atoms with E-state index in [1.54, 1.807) is 13.0 Å². The minimum absolute atomic E-state index is 0.120.